The third kappa shape index (κ3) is 2.15. The van der Waals surface area contributed by atoms with Gasteiger partial charge in [0.2, 0.25) is 0 Å². The van der Waals surface area contributed by atoms with Crippen molar-refractivity contribution in [2.75, 3.05) is 5.75 Å². The van der Waals surface area contributed by atoms with E-state index in [0.29, 0.717) is 22.6 Å². The largest absolute Gasteiger partial charge is 0.333 e. The van der Waals surface area contributed by atoms with E-state index in [1.807, 2.05) is 0 Å². The molecular weight excluding hydrogens is 212 g/mol. The minimum Gasteiger partial charge on any atom is -0.333 e. The summed E-state index contributed by atoms with van der Waals surface area (Å²) in [7, 11) is 0. The molecular formula is C9H10N4OS. The van der Waals surface area contributed by atoms with Crippen molar-refractivity contribution in [2.45, 2.75) is 18.5 Å². The summed E-state index contributed by atoms with van der Waals surface area (Å²) in [6.07, 6.45) is 3.40. The van der Waals surface area contributed by atoms with E-state index in [1.165, 1.54) is 0 Å². The highest BCUT2D eigenvalue weighted by atomic mass is 32.2. The number of thioether (sulfide) groups is 1. The molecule has 0 saturated heterocycles. The zero-order valence-electron chi connectivity index (χ0n) is 8.23. The SMILES string of the molecule is CCCSc1ncc2[nH]c(C=O)nc2n1. The number of rotatable bonds is 4. The van der Waals surface area contributed by atoms with Gasteiger partial charge in [0.25, 0.3) is 0 Å². The number of nitrogens with one attached hydrogen (secondary N) is 1. The Kier molecular flexibility index (Phi) is 2.96. The number of imidazole rings is 1. The molecule has 1 N–H and O–H groups in total. The average molecular weight is 222 g/mol. The first-order valence-corrected chi connectivity index (χ1v) is 5.62. The smallest absolute Gasteiger partial charge is 0.189 e. The van der Waals surface area contributed by atoms with Crippen molar-refractivity contribution in [3.8, 4) is 0 Å². The monoisotopic (exact) mass is 222 g/mol. The number of hydrogen-bond donors (Lipinski definition) is 1. The van der Waals surface area contributed by atoms with Gasteiger partial charge in [-0.2, -0.15) is 0 Å². The van der Waals surface area contributed by atoms with Crippen LogP contribution in [-0.2, 0) is 0 Å². The van der Waals surface area contributed by atoms with Crippen LogP contribution in [0.1, 0.15) is 24.0 Å². The van der Waals surface area contributed by atoms with Crippen molar-refractivity contribution in [3.63, 3.8) is 0 Å². The second-order valence-electron chi connectivity index (χ2n) is 2.98. The molecule has 2 aromatic rings. The van der Waals surface area contributed by atoms with Crippen LogP contribution in [-0.4, -0.2) is 32.0 Å². The molecule has 5 nitrogen and oxygen atoms in total. The van der Waals surface area contributed by atoms with Crippen molar-refractivity contribution in [1.29, 1.82) is 0 Å². The average Bonchev–Trinajstić information content (AvgIpc) is 2.68. The van der Waals surface area contributed by atoms with Gasteiger partial charge in [-0.3, -0.25) is 4.79 Å². The highest BCUT2D eigenvalue weighted by Gasteiger charge is 2.05. The lowest BCUT2D eigenvalue weighted by Crippen LogP contribution is -1.87. The fourth-order valence-electron chi connectivity index (χ4n) is 1.13. The molecule has 0 aliphatic heterocycles. The van der Waals surface area contributed by atoms with Crippen LogP contribution < -0.4 is 0 Å². The summed E-state index contributed by atoms with van der Waals surface area (Å²) in [5, 5.41) is 0.702. The summed E-state index contributed by atoms with van der Waals surface area (Å²) in [6.45, 7) is 2.10. The molecule has 0 fully saturated rings. The summed E-state index contributed by atoms with van der Waals surface area (Å²) in [5.74, 6) is 1.27. The van der Waals surface area contributed by atoms with Gasteiger partial charge < -0.3 is 4.98 Å². The van der Waals surface area contributed by atoms with Crippen LogP contribution in [0.2, 0.25) is 0 Å². The van der Waals surface area contributed by atoms with E-state index in [4.69, 9.17) is 0 Å². The van der Waals surface area contributed by atoms with E-state index in [1.54, 1.807) is 18.0 Å². The number of aldehydes is 1. The molecule has 2 heterocycles. The summed E-state index contributed by atoms with van der Waals surface area (Å²) in [6, 6.07) is 0. The first-order chi connectivity index (χ1) is 7.33. The molecule has 0 aliphatic carbocycles. The number of carbonyl (C=O) groups is 1. The summed E-state index contributed by atoms with van der Waals surface area (Å²) >= 11 is 1.59. The Morgan fingerprint density at radius 2 is 2.40 bits per heavy atom. The predicted molar refractivity (Wildman–Crippen MR) is 58.1 cm³/mol. The predicted octanol–water partition coefficient (Wildman–Crippen LogP) is 1.67. The Morgan fingerprint density at radius 1 is 1.53 bits per heavy atom. The van der Waals surface area contributed by atoms with Crippen molar-refractivity contribution in [3.05, 3.63) is 12.0 Å². The Balaban J connectivity index is 2.33. The second-order valence-corrected chi connectivity index (χ2v) is 4.04. The summed E-state index contributed by atoms with van der Waals surface area (Å²) in [5.41, 5.74) is 1.24. The van der Waals surface area contributed by atoms with Crippen LogP contribution in [0.25, 0.3) is 11.2 Å². The minimum absolute atomic E-state index is 0.289. The van der Waals surface area contributed by atoms with Gasteiger partial charge in [0.15, 0.2) is 22.9 Å². The molecule has 2 aromatic heterocycles. The fourth-order valence-corrected chi connectivity index (χ4v) is 1.79. The summed E-state index contributed by atoms with van der Waals surface area (Å²) < 4.78 is 0. The Bertz CT molecular complexity index is 482. The van der Waals surface area contributed by atoms with Gasteiger partial charge in [-0.25, -0.2) is 15.0 Å². The van der Waals surface area contributed by atoms with E-state index in [9.17, 15) is 4.79 Å². The number of carbonyl (C=O) groups excluding carboxylic acids is 1. The lowest BCUT2D eigenvalue weighted by Gasteiger charge is -1.95. The number of nitrogens with zero attached hydrogens (tertiary/aromatic N) is 3. The zero-order chi connectivity index (χ0) is 10.7. The molecule has 0 aliphatic rings. The fraction of sp³-hybridized carbons (Fsp3) is 0.333. The normalized spacial score (nSPS) is 10.7. The molecule has 78 valence electrons. The molecule has 0 atom stereocenters. The number of H-pyrrole nitrogens is 1. The van der Waals surface area contributed by atoms with E-state index >= 15 is 0 Å². The molecule has 0 saturated carbocycles. The number of fused-ring (bicyclic) bond motifs is 1. The van der Waals surface area contributed by atoms with Crippen LogP contribution in [0.15, 0.2) is 11.4 Å². The van der Waals surface area contributed by atoms with Crippen LogP contribution in [0, 0.1) is 0 Å². The number of aromatic nitrogens is 4. The summed E-state index contributed by atoms with van der Waals surface area (Å²) in [4.78, 5) is 25.7. The van der Waals surface area contributed by atoms with Gasteiger partial charge in [-0.05, 0) is 6.42 Å². The van der Waals surface area contributed by atoms with Crippen LogP contribution in [0.4, 0.5) is 0 Å². The quantitative estimate of drug-likeness (QED) is 0.484. The van der Waals surface area contributed by atoms with E-state index in [0.717, 1.165) is 12.2 Å². The Hall–Kier alpha value is -1.43. The van der Waals surface area contributed by atoms with Gasteiger partial charge in [0.1, 0.15) is 5.52 Å². The maximum absolute atomic E-state index is 10.5. The minimum atomic E-state index is 0.289. The third-order valence-electron chi connectivity index (χ3n) is 1.78. The number of aromatic amines is 1. The van der Waals surface area contributed by atoms with Crippen LogP contribution in [0.5, 0.6) is 0 Å². The zero-order valence-corrected chi connectivity index (χ0v) is 9.04. The highest BCUT2D eigenvalue weighted by molar-refractivity contribution is 7.99. The maximum atomic E-state index is 10.5. The lowest BCUT2D eigenvalue weighted by molar-refractivity contribution is 0.111. The van der Waals surface area contributed by atoms with Crippen molar-refractivity contribution in [2.24, 2.45) is 0 Å². The third-order valence-corrected chi connectivity index (χ3v) is 2.85. The van der Waals surface area contributed by atoms with Crippen molar-refractivity contribution in [1.82, 2.24) is 19.9 Å². The number of hydrogen-bond acceptors (Lipinski definition) is 5. The molecule has 0 aromatic carbocycles. The standard InChI is InChI=1S/C9H10N4OS/c1-2-3-15-9-10-4-6-8(13-9)12-7(5-14)11-6/h4-5H,2-3H2,1H3,(H,10,11,12,13). The molecule has 0 unspecified atom stereocenters. The first-order valence-electron chi connectivity index (χ1n) is 4.64. The second kappa shape index (κ2) is 4.39. The molecule has 0 spiro atoms. The Morgan fingerprint density at radius 3 is 3.13 bits per heavy atom. The van der Waals surface area contributed by atoms with Gasteiger partial charge in [0, 0.05) is 5.75 Å². The van der Waals surface area contributed by atoms with E-state index in [-0.39, 0.29) is 5.82 Å². The first kappa shape index (κ1) is 10.1. The topological polar surface area (TPSA) is 71.5 Å². The molecule has 0 bridgehead atoms. The van der Waals surface area contributed by atoms with Gasteiger partial charge >= 0.3 is 0 Å². The van der Waals surface area contributed by atoms with Gasteiger partial charge in [-0.1, -0.05) is 18.7 Å². The van der Waals surface area contributed by atoms with Crippen molar-refractivity contribution >= 4 is 29.2 Å². The van der Waals surface area contributed by atoms with E-state index < -0.39 is 0 Å². The van der Waals surface area contributed by atoms with Crippen molar-refractivity contribution < 1.29 is 4.79 Å². The lowest BCUT2D eigenvalue weighted by atomic mass is 10.6. The molecule has 6 heteroatoms. The highest BCUT2D eigenvalue weighted by Crippen LogP contribution is 2.16. The van der Waals surface area contributed by atoms with Crippen LogP contribution in [0.3, 0.4) is 0 Å². The van der Waals surface area contributed by atoms with Gasteiger partial charge in [0.05, 0.1) is 6.20 Å². The molecule has 0 radical (unpaired) electrons. The molecule has 0 amide bonds. The van der Waals surface area contributed by atoms with Crippen LogP contribution >= 0.6 is 11.8 Å². The molecule has 15 heavy (non-hydrogen) atoms. The van der Waals surface area contributed by atoms with E-state index in [2.05, 4.69) is 26.9 Å². The Labute approximate surface area is 90.7 Å². The maximum Gasteiger partial charge on any atom is 0.189 e. The molecule has 2 rings (SSSR count). The van der Waals surface area contributed by atoms with Gasteiger partial charge in [-0.15, -0.1) is 0 Å².